The average molecular weight is 242 g/mol. The van der Waals surface area contributed by atoms with E-state index in [1.165, 1.54) is 0 Å². The van der Waals surface area contributed by atoms with Crippen molar-refractivity contribution in [3.05, 3.63) is 18.0 Å². The van der Waals surface area contributed by atoms with Gasteiger partial charge in [-0.25, -0.2) is 0 Å². The lowest BCUT2D eigenvalue weighted by atomic mass is 10.3. The van der Waals surface area contributed by atoms with Crippen molar-refractivity contribution in [1.29, 1.82) is 0 Å². The van der Waals surface area contributed by atoms with Crippen molar-refractivity contribution in [3.63, 3.8) is 0 Å². The minimum Gasteiger partial charge on any atom is -0.493 e. The van der Waals surface area contributed by atoms with E-state index in [4.69, 9.17) is 4.74 Å². The molecule has 1 rings (SSSR count). The van der Waals surface area contributed by atoms with Crippen LogP contribution in [0.3, 0.4) is 0 Å². The number of hydrogen-bond acceptors (Lipinski definition) is 4. The molecular formula is C11H18N2O2S. The summed E-state index contributed by atoms with van der Waals surface area (Å²) in [7, 11) is 0.809. The minimum atomic E-state index is -0.802. The molecule has 0 aliphatic rings. The third-order valence-corrected chi connectivity index (χ3v) is 3.08. The van der Waals surface area contributed by atoms with E-state index in [0.29, 0.717) is 11.5 Å². The molecule has 16 heavy (non-hydrogen) atoms. The highest BCUT2D eigenvalue weighted by molar-refractivity contribution is 7.84. The molecule has 90 valence electrons. The predicted octanol–water partition coefficient (Wildman–Crippen LogP) is 1.58. The number of nitrogens with zero attached hydrogens (tertiary/aromatic N) is 1. The molecule has 5 heteroatoms. The lowest BCUT2D eigenvalue weighted by molar-refractivity contribution is 0.414. The number of anilines is 1. The Morgan fingerprint density at radius 3 is 2.88 bits per heavy atom. The maximum absolute atomic E-state index is 11.1. The van der Waals surface area contributed by atoms with E-state index in [9.17, 15) is 4.21 Å². The number of aromatic nitrogens is 1. The highest BCUT2D eigenvalue weighted by Crippen LogP contribution is 2.24. The highest BCUT2D eigenvalue weighted by atomic mass is 32.2. The molecule has 0 fully saturated rings. The van der Waals surface area contributed by atoms with Crippen molar-refractivity contribution in [3.8, 4) is 5.75 Å². The van der Waals surface area contributed by atoms with Crippen LogP contribution in [0, 0.1) is 6.92 Å². The molecule has 0 bridgehead atoms. The van der Waals surface area contributed by atoms with E-state index < -0.39 is 10.8 Å². The van der Waals surface area contributed by atoms with Crippen LogP contribution in [0.15, 0.2) is 12.3 Å². The van der Waals surface area contributed by atoms with Crippen LogP contribution in [-0.4, -0.2) is 34.4 Å². The fourth-order valence-corrected chi connectivity index (χ4v) is 2.27. The molecule has 1 heterocycles. The predicted molar refractivity (Wildman–Crippen MR) is 67.5 cm³/mol. The fraction of sp³-hybridized carbons (Fsp3) is 0.545. The first-order valence-corrected chi connectivity index (χ1v) is 6.83. The van der Waals surface area contributed by atoms with E-state index in [0.717, 1.165) is 11.4 Å². The Balaban J connectivity index is 2.78. The fourth-order valence-electron chi connectivity index (χ4n) is 1.48. The Morgan fingerprint density at radius 1 is 1.62 bits per heavy atom. The zero-order chi connectivity index (χ0) is 12.1. The van der Waals surface area contributed by atoms with Crippen molar-refractivity contribution in [1.82, 2.24) is 4.98 Å². The smallest absolute Gasteiger partial charge is 0.160 e. The van der Waals surface area contributed by atoms with Gasteiger partial charge in [0.05, 0.1) is 19.0 Å². The molecule has 1 aromatic rings. The number of ether oxygens (including phenoxy) is 1. The van der Waals surface area contributed by atoms with E-state index in [1.54, 1.807) is 19.6 Å². The summed E-state index contributed by atoms with van der Waals surface area (Å²) in [4.78, 5) is 4.15. The van der Waals surface area contributed by atoms with Gasteiger partial charge in [0, 0.05) is 34.5 Å². The summed E-state index contributed by atoms with van der Waals surface area (Å²) < 4.78 is 16.3. The number of pyridine rings is 1. The van der Waals surface area contributed by atoms with Gasteiger partial charge in [0.2, 0.25) is 0 Å². The van der Waals surface area contributed by atoms with Crippen molar-refractivity contribution in [2.75, 3.05) is 24.4 Å². The maximum atomic E-state index is 11.1. The van der Waals surface area contributed by atoms with E-state index in [2.05, 4.69) is 10.3 Å². The van der Waals surface area contributed by atoms with Crippen LogP contribution in [-0.2, 0) is 10.8 Å². The molecule has 2 atom stereocenters. The largest absolute Gasteiger partial charge is 0.493 e. The molecule has 0 aliphatic carbocycles. The number of methoxy groups -OCH3 is 1. The first-order valence-electron chi connectivity index (χ1n) is 5.10. The van der Waals surface area contributed by atoms with Crippen molar-refractivity contribution in [2.45, 2.75) is 19.9 Å². The summed E-state index contributed by atoms with van der Waals surface area (Å²) in [5.41, 5.74) is 1.82. The molecule has 0 radical (unpaired) electrons. The molecular weight excluding hydrogens is 224 g/mol. The normalized spacial score (nSPS) is 14.2. The average Bonchev–Trinajstić information content (AvgIpc) is 2.16. The van der Waals surface area contributed by atoms with E-state index in [-0.39, 0.29) is 6.04 Å². The third kappa shape index (κ3) is 3.81. The second-order valence-electron chi connectivity index (χ2n) is 3.81. The Morgan fingerprint density at radius 2 is 2.31 bits per heavy atom. The highest BCUT2D eigenvalue weighted by Gasteiger charge is 2.09. The van der Waals surface area contributed by atoms with Gasteiger partial charge in [-0.2, -0.15) is 0 Å². The molecule has 2 unspecified atom stereocenters. The Bertz CT molecular complexity index is 382. The first kappa shape index (κ1) is 13.0. The maximum Gasteiger partial charge on any atom is 0.160 e. The number of rotatable bonds is 5. The second-order valence-corrected chi connectivity index (χ2v) is 5.29. The quantitative estimate of drug-likeness (QED) is 0.851. The summed E-state index contributed by atoms with van der Waals surface area (Å²) in [5, 5.41) is 3.28. The third-order valence-electron chi connectivity index (χ3n) is 2.11. The number of aryl methyl sites for hydroxylation is 1. The van der Waals surface area contributed by atoms with Gasteiger partial charge in [0.25, 0.3) is 0 Å². The van der Waals surface area contributed by atoms with Crippen molar-refractivity contribution in [2.24, 2.45) is 0 Å². The summed E-state index contributed by atoms with van der Waals surface area (Å²) in [6.45, 7) is 3.92. The molecule has 1 N–H and O–H groups in total. The van der Waals surface area contributed by atoms with Gasteiger partial charge in [-0.05, 0) is 19.9 Å². The van der Waals surface area contributed by atoms with Gasteiger partial charge in [0.15, 0.2) is 5.75 Å². The second kappa shape index (κ2) is 5.84. The molecule has 4 nitrogen and oxygen atoms in total. The van der Waals surface area contributed by atoms with Gasteiger partial charge < -0.3 is 10.1 Å². The monoisotopic (exact) mass is 242 g/mol. The van der Waals surface area contributed by atoms with E-state index in [1.807, 2.05) is 19.9 Å². The summed E-state index contributed by atoms with van der Waals surface area (Å²) in [6.07, 6.45) is 3.39. The van der Waals surface area contributed by atoms with Gasteiger partial charge in [-0.15, -0.1) is 0 Å². The van der Waals surface area contributed by atoms with Crippen LogP contribution < -0.4 is 10.1 Å². The number of nitrogens with one attached hydrogen (secondary N) is 1. The van der Waals surface area contributed by atoms with Gasteiger partial charge in [-0.3, -0.25) is 9.19 Å². The van der Waals surface area contributed by atoms with Crippen LogP contribution in [0.5, 0.6) is 5.75 Å². The lowest BCUT2D eigenvalue weighted by Crippen LogP contribution is -2.22. The topological polar surface area (TPSA) is 51.2 Å². The minimum absolute atomic E-state index is 0.140. The number of hydrogen-bond donors (Lipinski definition) is 1. The summed E-state index contributed by atoms with van der Waals surface area (Å²) in [5.74, 6) is 1.32. The van der Waals surface area contributed by atoms with E-state index >= 15 is 0 Å². The molecule has 0 aliphatic heterocycles. The van der Waals surface area contributed by atoms with Crippen LogP contribution in [0.25, 0.3) is 0 Å². The lowest BCUT2D eigenvalue weighted by Gasteiger charge is -2.16. The SMILES string of the molecule is COc1cnc(C)cc1NC(C)CS(C)=O. The molecule has 0 saturated heterocycles. The standard InChI is InChI=1S/C11H18N2O2S/c1-8-5-10(11(15-3)6-12-8)13-9(2)7-16(4)14/h5-6,9H,7H2,1-4H3,(H,12,13). The molecule has 0 aromatic carbocycles. The van der Waals surface area contributed by atoms with Crippen LogP contribution in [0.1, 0.15) is 12.6 Å². The molecule has 0 spiro atoms. The first-order chi connectivity index (χ1) is 7.52. The summed E-state index contributed by atoms with van der Waals surface area (Å²) >= 11 is 0. The molecule has 1 aromatic heterocycles. The molecule has 0 saturated carbocycles. The van der Waals surface area contributed by atoms with Crippen molar-refractivity contribution >= 4 is 16.5 Å². The Labute approximate surface area is 98.9 Å². The van der Waals surface area contributed by atoms with Gasteiger partial charge >= 0.3 is 0 Å². The zero-order valence-corrected chi connectivity index (χ0v) is 10.9. The van der Waals surface area contributed by atoms with Gasteiger partial charge in [-0.1, -0.05) is 0 Å². The summed E-state index contributed by atoms with van der Waals surface area (Å²) in [6, 6.07) is 2.06. The Kier molecular flexibility index (Phi) is 4.73. The molecule has 0 amide bonds. The zero-order valence-electron chi connectivity index (χ0n) is 10.1. The van der Waals surface area contributed by atoms with Crippen LogP contribution in [0.2, 0.25) is 0 Å². The van der Waals surface area contributed by atoms with Gasteiger partial charge in [0.1, 0.15) is 0 Å². The van der Waals surface area contributed by atoms with Crippen LogP contribution >= 0.6 is 0 Å². The van der Waals surface area contributed by atoms with Crippen LogP contribution in [0.4, 0.5) is 5.69 Å². The van der Waals surface area contributed by atoms with Crippen molar-refractivity contribution < 1.29 is 8.95 Å². The Hall–Kier alpha value is -1.10.